The van der Waals surface area contributed by atoms with E-state index >= 15 is 0 Å². The van der Waals surface area contributed by atoms with E-state index in [2.05, 4.69) is 130 Å². The number of hydrogen-bond acceptors (Lipinski definition) is 6. The summed E-state index contributed by atoms with van der Waals surface area (Å²) in [7, 11) is 0. The van der Waals surface area contributed by atoms with Gasteiger partial charge in [0.25, 0.3) is 0 Å². The lowest BCUT2D eigenvalue weighted by atomic mass is 10.0. The van der Waals surface area contributed by atoms with Crippen LogP contribution in [0, 0.1) is 0 Å². The number of esters is 3. The molecule has 0 N–H and O–H groups in total. The average Bonchev–Trinajstić information content (AvgIpc) is 3.46. The molecule has 0 radical (unpaired) electrons. The van der Waals surface area contributed by atoms with Crippen LogP contribution in [0.4, 0.5) is 0 Å². The van der Waals surface area contributed by atoms with Crippen LogP contribution in [0.1, 0.15) is 329 Å². The van der Waals surface area contributed by atoms with Crippen molar-refractivity contribution in [1.29, 1.82) is 0 Å². The fourth-order valence-electron chi connectivity index (χ4n) is 9.64. The molecule has 0 aliphatic carbocycles. The molecule has 1 unspecified atom stereocenters. The highest BCUT2D eigenvalue weighted by Crippen LogP contribution is 2.17. The zero-order chi connectivity index (χ0) is 58.5. The van der Waals surface area contributed by atoms with Crippen LogP contribution in [-0.4, -0.2) is 37.2 Å². The largest absolute Gasteiger partial charge is 0.462 e. The van der Waals surface area contributed by atoms with Crippen LogP contribution < -0.4 is 0 Å². The molecule has 0 heterocycles. The maximum absolute atomic E-state index is 12.9. The van der Waals surface area contributed by atoms with E-state index in [4.69, 9.17) is 14.2 Å². The number of hydrogen-bond donors (Lipinski definition) is 0. The minimum atomic E-state index is -0.787. The van der Waals surface area contributed by atoms with Crippen molar-refractivity contribution >= 4 is 17.9 Å². The zero-order valence-corrected chi connectivity index (χ0v) is 53.3. The van der Waals surface area contributed by atoms with Crippen molar-refractivity contribution < 1.29 is 28.6 Å². The number of ether oxygens (including phenoxy) is 3. The highest BCUT2D eigenvalue weighted by atomic mass is 16.6. The van der Waals surface area contributed by atoms with Crippen molar-refractivity contribution in [2.75, 3.05) is 13.2 Å². The molecule has 0 aliphatic heterocycles. The van der Waals surface area contributed by atoms with Gasteiger partial charge in [0.15, 0.2) is 6.10 Å². The van der Waals surface area contributed by atoms with E-state index in [9.17, 15) is 14.4 Å². The van der Waals surface area contributed by atoms with Crippen molar-refractivity contribution in [2.24, 2.45) is 0 Å². The summed E-state index contributed by atoms with van der Waals surface area (Å²) in [4.78, 5) is 38.4. The van der Waals surface area contributed by atoms with Gasteiger partial charge in [-0.05, 0) is 103 Å². The molecule has 0 aliphatic rings. The maximum Gasteiger partial charge on any atom is 0.306 e. The monoisotopic (exact) mass is 1120 g/mol. The summed E-state index contributed by atoms with van der Waals surface area (Å²) in [6, 6.07) is 0. The SMILES string of the molecule is CC/C=C\C/C=C\C/C=C\C/C=C\C/C=C\C/C=C\C/C=C\CCCCCCCCCCCC(=O)OCC(COC(=O)CCCCCCC/C=C\C/C=C\CCC)OC(=O)CCCCCCCCCCCCCCCCCCCCC. The van der Waals surface area contributed by atoms with Crippen LogP contribution in [0.25, 0.3) is 0 Å². The van der Waals surface area contributed by atoms with E-state index in [1.165, 1.54) is 148 Å². The predicted molar refractivity (Wildman–Crippen MR) is 353 cm³/mol. The molecule has 6 heteroatoms. The molecule has 0 rings (SSSR count). The highest BCUT2D eigenvalue weighted by molar-refractivity contribution is 5.71. The van der Waals surface area contributed by atoms with Gasteiger partial charge in [0.2, 0.25) is 0 Å². The lowest BCUT2D eigenvalue weighted by molar-refractivity contribution is -0.167. The first-order valence-corrected chi connectivity index (χ1v) is 34.4. The molecule has 464 valence electrons. The lowest BCUT2D eigenvalue weighted by Gasteiger charge is -2.18. The van der Waals surface area contributed by atoms with Gasteiger partial charge in [-0.3, -0.25) is 14.4 Å². The Balaban J connectivity index is 4.28. The first-order valence-electron chi connectivity index (χ1n) is 34.4. The standard InChI is InChI=1S/C75H128O6/c1-4-7-10-13-16-19-22-25-27-29-31-32-33-34-35-36-37-38-39-40-41-42-44-45-47-50-53-56-59-62-65-68-74(77)80-71-72(70-79-73(76)67-64-61-58-55-52-49-24-21-18-15-12-9-6-3)81-75(78)69-66-63-60-57-54-51-48-46-43-30-28-26-23-20-17-14-11-8-5-2/h7,10,12,15-16,19,21,24-25,27,31-32,34-35,37-38,40-41,72H,4-6,8-9,11,13-14,17-18,20,22-23,26,28-30,33,36,39,42-71H2,1-3H3/b10-7-,15-12-,19-16-,24-21-,27-25-,32-31-,35-34-,38-37-,41-40-. The Labute approximate surface area is 501 Å². The van der Waals surface area contributed by atoms with Gasteiger partial charge >= 0.3 is 17.9 Å². The molecule has 1 atom stereocenters. The molecule has 6 nitrogen and oxygen atoms in total. The van der Waals surface area contributed by atoms with Crippen molar-refractivity contribution in [3.8, 4) is 0 Å². The molecular formula is C75H128O6. The van der Waals surface area contributed by atoms with E-state index in [1.807, 2.05) is 0 Å². The Bertz CT molecular complexity index is 1620. The molecule has 0 amide bonds. The number of carbonyl (C=O) groups is 3. The number of carbonyl (C=O) groups excluding carboxylic acids is 3. The topological polar surface area (TPSA) is 78.9 Å². The van der Waals surface area contributed by atoms with Crippen molar-refractivity contribution in [2.45, 2.75) is 335 Å². The summed E-state index contributed by atoms with van der Waals surface area (Å²) < 4.78 is 16.9. The van der Waals surface area contributed by atoms with E-state index in [-0.39, 0.29) is 31.1 Å². The highest BCUT2D eigenvalue weighted by Gasteiger charge is 2.19. The second kappa shape index (κ2) is 68.6. The normalized spacial score (nSPS) is 12.8. The van der Waals surface area contributed by atoms with Gasteiger partial charge in [-0.2, -0.15) is 0 Å². The van der Waals surface area contributed by atoms with Gasteiger partial charge in [0, 0.05) is 19.3 Å². The Morgan fingerprint density at radius 1 is 0.259 bits per heavy atom. The number of rotatable bonds is 62. The smallest absolute Gasteiger partial charge is 0.306 e. The predicted octanol–water partition coefficient (Wildman–Crippen LogP) is 23.8. The Kier molecular flexibility index (Phi) is 65.2. The second-order valence-corrected chi connectivity index (χ2v) is 22.7. The summed E-state index contributed by atoms with van der Waals surface area (Å²) in [6.07, 6.45) is 93.9. The summed E-state index contributed by atoms with van der Waals surface area (Å²) in [5.74, 6) is -0.890. The quantitative estimate of drug-likeness (QED) is 0.0261. The van der Waals surface area contributed by atoms with Crippen LogP contribution in [0.15, 0.2) is 109 Å². The molecule has 0 saturated heterocycles. The van der Waals surface area contributed by atoms with Crippen molar-refractivity contribution in [3.05, 3.63) is 109 Å². The first kappa shape index (κ1) is 77.1. The molecule has 81 heavy (non-hydrogen) atoms. The fraction of sp³-hybridized carbons (Fsp3) is 0.720. The third-order valence-electron chi connectivity index (χ3n) is 14.7. The van der Waals surface area contributed by atoms with Gasteiger partial charge in [0.05, 0.1) is 0 Å². The molecule has 0 aromatic heterocycles. The van der Waals surface area contributed by atoms with E-state index < -0.39 is 6.10 Å². The minimum absolute atomic E-state index is 0.0835. The third kappa shape index (κ3) is 66.8. The maximum atomic E-state index is 12.9. The van der Waals surface area contributed by atoms with Crippen molar-refractivity contribution in [1.82, 2.24) is 0 Å². The van der Waals surface area contributed by atoms with Crippen molar-refractivity contribution in [3.63, 3.8) is 0 Å². The van der Waals surface area contributed by atoms with Gasteiger partial charge in [-0.25, -0.2) is 0 Å². The van der Waals surface area contributed by atoms with Crippen LogP contribution in [0.2, 0.25) is 0 Å². The first-order chi connectivity index (χ1) is 40.0. The summed E-state index contributed by atoms with van der Waals surface area (Å²) in [6.45, 7) is 6.48. The molecule has 0 spiro atoms. The molecule has 0 bridgehead atoms. The van der Waals surface area contributed by atoms with Crippen LogP contribution in [0.5, 0.6) is 0 Å². The molecular weight excluding hydrogens is 997 g/mol. The fourth-order valence-corrected chi connectivity index (χ4v) is 9.64. The van der Waals surface area contributed by atoms with E-state index in [0.717, 1.165) is 141 Å². The molecule has 0 saturated carbocycles. The van der Waals surface area contributed by atoms with E-state index in [1.54, 1.807) is 0 Å². The Morgan fingerprint density at radius 2 is 0.506 bits per heavy atom. The molecule has 0 fully saturated rings. The number of unbranched alkanes of at least 4 members (excludes halogenated alkanes) is 33. The van der Waals surface area contributed by atoms with Crippen LogP contribution in [-0.2, 0) is 28.6 Å². The summed E-state index contributed by atoms with van der Waals surface area (Å²) >= 11 is 0. The van der Waals surface area contributed by atoms with Gasteiger partial charge in [0.1, 0.15) is 13.2 Å². The average molecular weight is 1130 g/mol. The van der Waals surface area contributed by atoms with E-state index in [0.29, 0.717) is 19.3 Å². The zero-order valence-electron chi connectivity index (χ0n) is 53.3. The summed E-state index contributed by atoms with van der Waals surface area (Å²) in [5, 5.41) is 0. The van der Waals surface area contributed by atoms with Crippen LogP contribution >= 0.6 is 0 Å². The molecule has 0 aromatic carbocycles. The second-order valence-electron chi connectivity index (χ2n) is 22.7. The Hall–Kier alpha value is -3.93. The van der Waals surface area contributed by atoms with Gasteiger partial charge in [-0.15, -0.1) is 0 Å². The molecule has 0 aromatic rings. The third-order valence-corrected chi connectivity index (χ3v) is 14.7. The van der Waals surface area contributed by atoms with Gasteiger partial charge in [-0.1, -0.05) is 316 Å². The van der Waals surface area contributed by atoms with Crippen LogP contribution in [0.3, 0.4) is 0 Å². The Morgan fingerprint density at radius 3 is 0.802 bits per heavy atom. The van der Waals surface area contributed by atoms with Gasteiger partial charge < -0.3 is 14.2 Å². The number of allylic oxidation sites excluding steroid dienone is 18. The minimum Gasteiger partial charge on any atom is -0.462 e. The lowest BCUT2D eigenvalue weighted by Crippen LogP contribution is -2.30. The summed E-state index contributed by atoms with van der Waals surface area (Å²) in [5.41, 5.74) is 0.